The molecule has 5 nitrogen and oxygen atoms in total. The van der Waals surface area contributed by atoms with Crippen LogP contribution in [0.2, 0.25) is 0 Å². The summed E-state index contributed by atoms with van der Waals surface area (Å²) in [5.41, 5.74) is 6.42. The molecule has 1 aliphatic rings. The average Bonchev–Trinajstić information content (AvgIpc) is 2.51. The van der Waals surface area contributed by atoms with E-state index in [9.17, 15) is 0 Å². The van der Waals surface area contributed by atoms with E-state index in [1.165, 1.54) is 0 Å². The van der Waals surface area contributed by atoms with Crippen molar-refractivity contribution in [3.8, 4) is 0 Å². The molecule has 0 aromatic carbocycles. The van der Waals surface area contributed by atoms with Crippen molar-refractivity contribution in [3.05, 3.63) is 24.0 Å². The Morgan fingerprint density at radius 2 is 2.29 bits per heavy atom. The molecule has 2 aromatic rings. The Morgan fingerprint density at radius 3 is 3.29 bits per heavy atom. The van der Waals surface area contributed by atoms with Gasteiger partial charge in [0.05, 0.1) is 23.1 Å². The molecule has 5 heteroatoms. The molecule has 68 valence electrons. The van der Waals surface area contributed by atoms with Crippen molar-refractivity contribution in [2.75, 3.05) is 5.43 Å². The third-order valence-corrected chi connectivity index (χ3v) is 2.05. The molecular weight excluding hydrogens is 178 g/mol. The molecule has 3 rings (SSSR count). The van der Waals surface area contributed by atoms with Crippen LogP contribution in [-0.2, 0) is 0 Å². The maximum atomic E-state index is 4.41. The van der Waals surface area contributed by atoms with Gasteiger partial charge in [-0.2, -0.15) is 10.2 Å². The fourth-order valence-corrected chi connectivity index (χ4v) is 1.39. The van der Waals surface area contributed by atoms with E-state index in [1.807, 2.05) is 18.2 Å². The van der Waals surface area contributed by atoms with Crippen LogP contribution in [-0.4, -0.2) is 21.4 Å². The van der Waals surface area contributed by atoms with Crippen molar-refractivity contribution >= 4 is 29.0 Å². The molecular formula is C9H7N5. The first kappa shape index (κ1) is 7.25. The fourth-order valence-electron chi connectivity index (χ4n) is 1.39. The van der Waals surface area contributed by atoms with Crippen LogP contribution in [0, 0.1) is 0 Å². The van der Waals surface area contributed by atoms with Gasteiger partial charge < -0.3 is 0 Å². The molecule has 0 bridgehead atoms. The Kier molecular flexibility index (Phi) is 1.38. The zero-order chi connectivity index (χ0) is 9.38. The number of H-pyrrole nitrogens is 1. The lowest BCUT2D eigenvalue weighted by Crippen LogP contribution is -1.92. The molecule has 0 amide bonds. The van der Waals surface area contributed by atoms with Gasteiger partial charge >= 0.3 is 0 Å². The van der Waals surface area contributed by atoms with E-state index in [-0.39, 0.29) is 0 Å². The smallest absolute Gasteiger partial charge is 0.109 e. The van der Waals surface area contributed by atoms with Gasteiger partial charge in [-0.3, -0.25) is 10.5 Å². The number of nitrogens with one attached hydrogen (secondary N) is 2. The standard InChI is InChI=1S/C9H7N5/c1-2-6-7(13-10-3-1)4-8-9(12-6)5-11-14-8/h1-5,13H,(H,11,14). The number of allylic oxidation sites excluding steroid dienone is 1. The van der Waals surface area contributed by atoms with E-state index in [0.29, 0.717) is 0 Å². The first-order valence-corrected chi connectivity index (χ1v) is 4.23. The van der Waals surface area contributed by atoms with Gasteiger partial charge in [0.15, 0.2) is 0 Å². The Hall–Kier alpha value is -2.17. The number of rotatable bonds is 0. The number of nitrogens with zero attached hydrogens (tertiary/aromatic N) is 3. The average molecular weight is 185 g/mol. The van der Waals surface area contributed by atoms with Gasteiger partial charge in [-0.25, -0.2) is 4.98 Å². The number of hydrogen-bond donors (Lipinski definition) is 2. The fraction of sp³-hybridized carbons (Fsp3) is 0. The zero-order valence-corrected chi connectivity index (χ0v) is 7.23. The molecule has 0 unspecified atom stereocenters. The third-order valence-electron chi connectivity index (χ3n) is 2.05. The highest BCUT2D eigenvalue weighted by Crippen LogP contribution is 2.21. The van der Waals surface area contributed by atoms with E-state index in [2.05, 4.69) is 25.7 Å². The molecule has 0 spiro atoms. The highest BCUT2D eigenvalue weighted by atomic mass is 15.3. The minimum atomic E-state index is 0.858. The Bertz CT molecular complexity index is 537. The van der Waals surface area contributed by atoms with Crippen LogP contribution in [0.3, 0.4) is 0 Å². The second-order valence-electron chi connectivity index (χ2n) is 2.97. The van der Waals surface area contributed by atoms with Gasteiger partial charge in [-0.1, -0.05) is 0 Å². The summed E-state index contributed by atoms with van der Waals surface area (Å²) in [4.78, 5) is 4.41. The van der Waals surface area contributed by atoms with Crippen LogP contribution in [0.5, 0.6) is 0 Å². The third kappa shape index (κ3) is 0.990. The van der Waals surface area contributed by atoms with Crippen LogP contribution < -0.4 is 5.43 Å². The number of fused-ring (bicyclic) bond motifs is 2. The van der Waals surface area contributed by atoms with Crippen LogP contribution in [0.15, 0.2) is 23.4 Å². The van der Waals surface area contributed by atoms with Gasteiger partial charge in [0, 0.05) is 6.21 Å². The lowest BCUT2D eigenvalue weighted by Gasteiger charge is -2.02. The maximum absolute atomic E-state index is 4.41. The molecule has 0 atom stereocenters. The molecule has 14 heavy (non-hydrogen) atoms. The molecule has 3 heterocycles. The highest BCUT2D eigenvalue weighted by Gasteiger charge is 2.05. The van der Waals surface area contributed by atoms with E-state index in [1.54, 1.807) is 12.4 Å². The van der Waals surface area contributed by atoms with E-state index in [4.69, 9.17) is 0 Å². The first-order chi connectivity index (χ1) is 6.93. The summed E-state index contributed by atoms with van der Waals surface area (Å²) in [6, 6.07) is 1.94. The number of aromatic amines is 1. The van der Waals surface area contributed by atoms with Crippen LogP contribution >= 0.6 is 0 Å². The quantitative estimate of drug-likeness (QED) is 0.651. The van der Waals surface area contributed by atoms with Crippen LogP contribution in [0.1, 0.15) is 5.69 Å². The van der Waals surface area contributed by atoms with Crippen molar-refractivity contribution in [2.24, 2.45) is 5.10 Å². The predicted octanol–water partition coefficient (Wildman–Crippen LogP) is 1.38. The van der Waals surface area contributed by atoms with Crippen molar-refractivity contribution < 1.29 is 0 Å². The van der Waals surface area contributed by atoms with E-state index in [0.717, 1.165) is 22.4 Å². The molecule has 0 saturated heterocycles. The Labute approximate surface area is 79.5 Å². The zero-order valence-electron chi connectivity index (χ0n) is 7.23. The molecule has 2 N–H and O–H groups in total. The maximum Gasteiger partial charge on any atom is 0.109 e. The molecule has 0 fully saturated rings. The minimum Gasteiger partial charge on any atom is -0.276 e. The van der Waals surface area contributed by atoms with Crippen molar-refractivity contribution in [1.82, 2.24) is 15.2 Å². The second kappa shape index (κ2) is 2.66. The Morgan fingerprint density at radius 1 is 1.29 bits per heavy atom. The van der Waals surface area contributed by atoms with Gasteiger partial charge in [0.25, 0.3) is 0 Å². The predicted molar refractivity (Wildman–Crippen MR) is 55.0 cm³/mol. The van der Waals surface area contributed by atoms with Crippen LogP contribution in [0.4, 0.5) is 5.69 Å². The summed E-state index contributed by atoms with van der Waals surface area (Å²) in [6.07, 6.45) is 7.15. The van der Waals surface area contributed by atoms with Crippen molar-refractivity contribution in [1.29, 1.82) is 0 Å². The summed E-state index contributed by atoms with van der Waals surface area (Å²) in [7, 11) is 0. The minimum absolute atomic E-state index is 0.858. The van der Waals surface area contributed by atoms with Crippen molar-refractivity contribution in [3.63, 3.8) is 0 Å². The summed E-state index contributed by atoms with van der Waals surface area (Å²) in [6.45, 7) is 0. The first-order valence-electron chi connectivity index (χ1n) is 4.23. The number of pyridine rings is 1. The molecule has 0 radical (unpaired) electrons. The van der Waals surface area contributed by atoms with E-state index < -0.39 is 0 Å². The van der Waals surface area contributed by atoms with Gasteiger partial charge in [-0.15, -0.1) is 0 Å². The molecule has 0 saturated carbocycles. The molecule has 2 aromatic heterocycles. The lowest BCUT2D eigenvalue weighted by molar-refractivity contribution is 1.12. The highest BCUT2D eigenvalue weighted by molar-refractivity contribution is 5.87. The van der Waals surface area contributed by atoms with Gasteiger partial charge in [0.1, 0.15) is 5.52 Å². The topological polar surface area (TPSA) is 66.0 Å². The Balaban J connectivity index is 2.31. The van der Waals surface area contributed by atoms with Crippen LogP contribution in [0.25, 0.3) is 17.1 Å². The van der Waals surface area contributed by atoms with Gasteiger partial charge in [0.2, 0.25) is 0 Å². The van der Waals surface area contributed by atoms with E-state index >= 15 is 0 Å². The summed E-state index contributed by atoms with van der Waals surface area (Å²) in [5.74, 6) is 0. The number of anilines is 1. The largest absolute Gasteiger partial charge is 0.276 e. The van der Waals surface area contributed by atoms with Crippen molar-refractivity contribution in [2.45, 2.75) is 0 Å². The summed E-state index contributed by atoms with van der Waals surface area (Å²) in [5, 5.41) is 10.7. The lowest BCUT2D eigenvalue weighted by atomic mass is 10.2. The summed E-state index contributed by atoms with van der Waals surface area (Å²) >= 11 is 0. The van der Waals surface area contributed by atoms with Gasteiger partial charge in [-0.05, 0) is 18.2 Å². The second-order valence-corrected chi connectivity index (χ2v) is 2.97. The number of hydrogen-bond acceptors (Lipinski definition) is 4. The number of aromatic nitrogens is 3. The summed E-state index contributed by atoms with van der Waals surface area (Å²) < 4.78 is 0. The SMILES string of the molecule is C1=Cc2nc3cn[nH]c3cc2NN=C1. The molecule has 1 aliphatic heterocycles. The normalized spacial score (nSPS) is 13.7. The molecule has 0 aliphatic carbocycles. The number of hydrazone groups is 1. The monoisotopic (exact) mass is 185 g/mol.